The molecule has 3 N–H and O–H groups in total. The van der Waals surface area contributed by atoms with Crippen LogP contribution in [0.2, 0.25) is 0 Å². The Balaban J connectivity index is 3.67. The highest BCUT2D eigenvalue weighted by Crippen LogP contribution is 2.53. The van der Waals surface area contributed by atoms with E-state index in [0.717, 1.165) is 0 Å². The molecule has 4 nitrogen and oxygen atoms in total. The van der Waals surface area contributed by atoms with E-state index in [0.29, 0.717) is 16.7 Å². The molecular formula is C16H27O4P. The van der Waals surface area contributed by atoms with Crippen LogP contribution < -0.4 is 0 Å². The van der Waals surface area contributed by atoms with E-state index in [1.54, 1.807) is 12.1 Å². The fraction of sp³-hybridized carbons (Fsp3) is 0.625. The highest BCUT2D eigenvalue weighted by Gasteiger charge is 2.31. The van der Waals surface area contributed by atoms with Crippen molar-refractivity contribution in [1.82, 2.24) is 0 Å². The van der Waals surface area contributed by atoms with Crippen molar-refractivity contribution in [2.24, 2.45) is 0 Å². The molecule has 0 spiro atoms. The highest BCUT2D eigenvalue weighted by molar-refractivity contribution is 7.52. The van der Waals surface area contributed by atoms with Gasteiger partial charge >= 0.3 is 7.60 Å². The lowest BCUT2D eigenvalue weighted by Gasteiger charge is -2.29. The van der Waals surface area contributed by atoms with Crippen molar-refractivity contribution in [3.05, 3.63) is 28.8 Å². The molecule has 0 aliphatic carbocycles. The van der Waals surface area contributed by atoms with Gasteiger partial charge in [0.1, 0.15) is 5.75 Å². The molecule has 0 fully saturated rings. The Morgan fingerprint density at radius 1 is 0.952 bits per heavy atom. The summed E-state index contributed by atoms with van der Waals surface area (Å²) in [5, 5.41) is 10.6. The Morgan fingerprint density at radius 2 is 1.29 bits per heavy atom. The van der Waals surface area contributed by atoms with Gasteiger partial charge in [-0.2, -0.15) is 0 Å². The minimum Gasteiger partial charge on any atom is -0.507 e. The van der Waals surface area contributed by atoms with E-state index in [1.165, 1.54) is 6.92 Å². The lowest BCUT2D eigenvalue weighted by Crippen LogP contribution is -2.18. The Kier molecular flexibility index (Phi) is 4.70. The average molecular weight is 314 g/mol. The van der Waals surface area contributed by atoms with E-state index in [-0.39, 0.29) is 16.6 Å². The van der Waals surface area contributed by atoms with Crippen LogP contribution in [0.25, 0.3) is 0 Å². The summed E-state index contributed by atoms with van der Waals surface area (Å²) in [7, 11) is -4.22. The van der Waals surface area contributed by atoms with Crippen LogP contribution in [0.5, 0.6) is 5.75 Å². The molecule has 0 amide bonds. The molecule has 0 radical (unpaired) electrons. The van der Waals surface area contributed by atoms with Gasteiger partial charge in [0.05, 0.1) is 5.66 Å². The normalized spacial score (nSPS) is 15.1. The molecule has 21 heavy (non-hydrogen) atoms. The van der Waals surface area contributed by atoms with Gasteiger partial charge in [-0.05, 0) is 34.4 Å². The molecule has 0 saturated heterocycles. The van der Waals surface area contributed by atoms with E-state index in [1.807, 2.05) is 41.5 Å². The molecule has 0 aromatic heterocycles. The number of benzene rings is 1. The van der Waals surface area contributed by atoms with Crippen molar-refractivity contribution in [2.75, 3.05) is 0 Å². The van der Waals surface area contributed by atoms with Gasteiger partial charge in [-0.15, -0.1) is 0 Å². The molecule has 5 heteroatoms. The van der Waals surface area contributed by atoms with E-state index in [4.69, 9.17) is 0 Å². The molecule has 0 bridgehead atoms. The molecule has 0 aliphatic heterocycles. The van der Waals surface area contributed by atoms with Gasteiger partial charge in [0.15, 0.2) is 0 Å². The van der Waals surface area contributed by atoms with Crippen LogP contribution in [0, 0.1) is 0 Å². The largest absolute Gasteiger partial charge is 0.507 e. The SMILES string of the molecule is CC(c1cc(C(C)(C)C)c(O)c(C(C)(C)C)c1)P(=O)(O)O. The monoisotopic (exact) mass is 314 g/mol. The van der Waals surface area contributed by atoms with Gasteiger partial charge in [0, 0.05) is 0 Å². The predicted octanol–water partition coefficient (Wildman–Crippen LogP) is 4.23. The molecule has 1 atom stereocenters. The van der Waals surface area contributed by atoms with Crippen LogP contribution in [0.15, 0.2) is 12.1 Å². The van der Waals surface area contributed by atoms with Crippen LogP contribution in [0.4, 0.5) is 0 Å². The van der Waals surface area contributed by atoms with Crippen LogP contribution in [-0.4, -0.2) is 14.9 Å². The van der Waals surface area contributed by atoms with Gasteiger partial charge in [-0.3, -0.25) is 4.57 Å². The predicted molar refractivity (Wildman–Crippen MR) is 86.0 cm³/mol. The first-order chi connectivity index (χ1) is 9.15. The van der Waals surface area contributed by atoms with Crippen molar-refractivity contribution in [3.63, 3.8) is 0 Å². The van der Waals surface area contributed by atoms with E-state index in [9.17, 15) is 19.5 Å². The lowest BCUT2D eigenvalue weighted by atomic mass is 9.78. The fourth-order valence-electron chi connectivity index (χ4n) is 2.24. The zero-order valence-corrected chi connectivity index (χ0v) is 14.8. The maximum atomic E-state index is 11.6. The van der Waals surface area contributed by atoms with Gasteiger partial charge < -0.3 is 14.9 Å². The topological polar surface area (TPSA) is 77.8 Å². The molecule has 0 aliphatic rings. The lowest BCUT2D eigenvalue weighted by molar-refractivity contribution is 0.361. The first-order valence-corrected chi connectivity index (χ1v) is 8.77. The number of rotatable bonds is 2. The molecule has 1 aromatic rings. The van der Waals surface area contributed by atoms with Gasteiger partial charge in [-0.1, -0.05) is 53.7 Å². The summed E-state index contributed by atoms with van der Waals surface area (Å²) in [4.78, 5) is 18.9. The second-order valence-electron chi connectivity index (χ2n) is 7.73. The Hall–Kier alpha value is -0.830. The highest BCUT2D eigenvalue weighted by atomic mass is 31.2. The van der Waals surface area contributed by atoms with Gasteiger partial charge in [0.25, 0.3) is 0 Å². The van der Waals surface area contributed by atoms with Crippen LogP contribution in [-0.2, 0) is 15.4 Å². The number of phenols is 1. The molecule has 120 valence electrons. The number of hydrogen-bond acceptors (Lipinski definition) is 2. The summed E-state index contributed by atoms with van der Waals surface area (Å²) >= 11 is 0. The average Bonchev–Trinajstić information content (AvgIpc) is 2.23. The quantitative estimate of drug-likeness (QED) is 0.714. The van der Waals surface area contributed by atoms with Crippen LogP contribution in [0.1, 0.15) is 70.8 Å². The zero-order chi connectivity index (χ0) is 16.8. The van der Waals surface area contributed by atoms with Crippen molar-refractivity contribution in [3.8, 4) is 5.75 Å². The zero-order valence-electron chi connectivity index (χ0n) is 13.9. The third-order valence-electron chi connectivity index (χ3n) is 3.74. The number of hydrogen-bond donors (Lipinski definition) is 3. The molecular weight excluding hydrogens is 287 g/mol. The second-order valence-corrected chi connectivity index (χ2v) is 9.68. The molecule has 1 unspecified atom stereocenters. The third-order valence-corrected chi connectivity index (χ3v) is 5.04. The smallest absolute Gasteiger partial charge is 0.332 e. The first kappa shape index (κ1) is 18.2. The molecule has 0 heterocycles. The van der Waals surface area contributed by atoms with Crippen molar-refractivity contribution in [2.45, 2.75) is 65.0 Å². The Morgan fingerprint density at radius 3 is 1.52 bits per heavy atom. The van der Waals surface area contributed by atoms with Crippen molar-refractivity contribution in [1.29, 1.82) is 0 Å². The first-order valence-electron chi connectivity index (χ1n) is 7.09. The van der Waals surface area contributed by atoms with Crippen molar-refractivity contribution < 1.29 is 19.5 Å². The molecule has 1 aromatic carbocycles. The summed E-state index contributed by atoms with van der Waals surface area (Å²) < 4.78 is 11.6. The minimum atomic E-state index is -4.22. The van der Waals surface area contributed by atoms with Crippen molar-refractivity contribution >= 4 is 7.60 Å². The summed E-state index contributed by atoms with van der Waals surface area (Å²) in [6.07, 6.45) is 0. The van der Waals surface area contributed by atoms with Crippen LogP contribution >= 0.6 is 7.60 Å². The summed E-state index contributed by atoms with van der Waals surface area (Å²) in [5.74, 6) is 0.219. The summed E-state index contributed by atoms with van der Waals surface area (Å²) in [5.41, 5.74) is 0.482. The van der Waals surface area contributed by atoms with Crippen LogP contribution in [0.3, 0.4) is 0 Å². The Bertz CT molecular complexity index is 538. The van der Waals surface area contributed by atoms with E-state index >= 15 is 0 Å². The number of aromatic hydroxyl groups is 1. The minimum absolute atomic E-state index is 0.219. The summed E-state index contributed by atoms with van der Waals surface area (Å²) in [6, 6.07) is 3.43. The molecule has 1 rings (SSSR count). The molecule has 0 saturated carbocycles. The van der Waals surface area contributed by atoms with Gasteiger partial charge in [-0.25, -0.2) is 0 Å². The second kappa shape index (κ2) is 5.42. The third kappa shape index (κ3) is 4.09. The standard InChI is InChI=1S/C16H27O4P/c1-10(21(18,19)20)11-8-12(15(2,3)4)14(17)13(9-11)16(5,6)7/h8-10,17H,1-7H3,(H2,18,19,20). The van der Waals surface area contributed by atoms with Gasteiger partial charge in [0.2, 0.25) is 0 Å². The maximum Gasteiger partial charge on any atom is 0.332 e. The number of phenolic OH excluding ortho intramolecular Hbond substituents is 1. The maximum absolute atomic E-state index is 11.6. The summed E-state index contributed by atoms with van der Waals surface area (Å²) in [6.45, 7) is 13.4. The fourth-order valence-corrected chi connectivity index (χ4v) is 2.77. The van der Waals surface area contributed by atoms with E-state index < -0.39 is 13.3 Å². The Labute approximate surface area is 127 Å². The van der Waals surface area contributed by atoms with E-state index in [2.05, 4.69) is 0 Å².